The van der Waals surface area contributed by atoms with E-state index in [-0.39, 0.29) is 22.3 Å². The number of fused-ring (bicyclic) bond motifs is 1. The number of alkyl halides is 3. The number of ether oxygens (including phenoxy) is 2. The minimum atomic E-state index is -4.46. The standard InChI is InChI=1S/C13H11F3N2O4/c1-21-12(20)7-2-3-8-9(4-7)17-10(18-11(8)19)5-22-6-13(14,15)16/h2-4H,5-6H2,1H3,(H,17,18,19). The number of carbonyl (C=O) groups excluding carboxylic acids is 1. The number of aromatic nitrogens is 2. The molecule has 0 saturated heterocycles. The van der Waals surface area contributed by atoms with Crippen LogP contribution in [0.5, 0.6) is 0 Å². The van der Waals surface area contributed by atoms with Crippen molar-refractivity contribution in [1.82, 2.24) is 9.97 Å². The van der Waals surface area contributed by atoms with Crippen LogP contribution in [0.2, 0.25) is 0 Å². The van der Waals surface area contributed by atoms with Crippen molar-refractivity contribution in [2.45, 2.75) is 12.8 Å². The molecule has 1 heterocycles. The number of nitrogens with one attached hydrogen (secondary N) is 1. The predicted octanol–water partition coefficient (Wildman–Crippen LogP) is 1.79. The molecule has 0 amide bonds. The van der Waals surface area contributed by atoms with Crippen molar-refractivity contribution in [2.24, 2.45) is 0 Å². The smallest absolute Gasteiger partial charge is 0.411 e. The number of hydrogen-bond donors (Lipinski definition) is 1. The molecule has 1 N–H and O–H groups in total. The summed E-state index contributed by atoms with van der Waals surface area (Å²) < 4.78 is 45.0. The van der Waals surface area contributed by atoms with E-state index in [4.69, 9.17) is 0 Å². The average molecular weight is 316 g/mol. The summed E-state index contributed by atoms with van der Waals surface area (Å²) in [5, 5.41) is 0.201. The van der Waals surface area contributed by atoms with Crippen molar-refractivity contribution in [2.75, 3.05) is 13.7 Å². The van der Waals surface area contributed by atoms with Crippen LogP contribution in [0.1, 0.15) is 16.2 Å². The van der Waals surface area contributed by atoms with E-state index in [1.165, 1.54) is 25.3 Å². The van der Waals surface area contributed by atoms with Gasteiger partial charge in [0, 0.05) is 0 Å². The molecule has 0 saturated carbocycles. The number of nitrogens with zero attached hydrogens (tertiary/aromatic N) is 1. The lowest BCUT2D eigenvalue weighted by Crippen LogP contribution is -2.19. The molecule has 2 rings (SSSR count). The van der Waals surface area contributed by atoms with E-state index in [1.54, 1.807) is 0 Å². The van der Waals surface area contributed by atoms with Gasteiger partial charge in [0.15, 0.2) is 0 Å². The first kappa shape index (κ1) is 16.0. The Bertz CT molecular complexity index is 755. The van der Waals surface area contributed by atoms with E-state index in [2.05, 4.69) is 19.4 Å². The number of rotatable bonds is 4. The zero-order valence-corrected chi connectivity index (χ0v) is 11.4. The molecular weight excluding hydrogens is 305 g/mol. The molecule has 9 heteroatoms. The van der Waals surface area contributed by atoms with Gasteiger partial charge in [0.25, 0.3) is 5.56 Å². The lowest BCUT2D eigenvalue weighted by molar-refractivity contribution is -0.177. The van der Waals surface area contributed by atoms with Crippen LogP contribution < -0.4 is 5.56 Å². The second-order valence-corrected chi connectivity index (χ2v) is 4.34. The largest absolute Gasteiger partial charge is 0.465 e. The van der Waals surface area contributed by atoms with Crippen molar-refractivity contribution in [1.29, 1.82) is 0 Å². The van der Waals surface area contributed by atoms with Gasteiger partial charge in [-0.1, -0.05) is 0 Å². The summed E-state index contributed by atoms with van der Waals surface area (Å²) in [5.74, 6) is -0.678. The molecule has 0 fully saturated rings. The van der Waals surface area contributed by atoms with Gasteiger partial charge in [0.2, 0.25) is 0 Å². The van der Waals surface area contributed by atoms with Gasteiger partial charge in [0.1, 0.15) is 19.0 Å². The van der Waals surface area contributed by atoms with Crippen LogP contribution in [0.25, 0.3) is 10.9 Å². The van der Waals surface area contributed by atoms with Gasteiger partial charge < -0.3 is 14.5 Å². The molecule has 0 bridgehead atoms. The maximum atomic E-state index is 12.0. The third-order valence-corrected chi connectivity index (χ3v) is 2.68. The summed E-state index contributed by atoms with van der Waals surface area (Å²) in [6.45, 7) is -1.95. The van der Waals surface area contributed by atoms with E-state index < -0.39 is 30.9 Å². The quantitative estimate of drug-likeness (QED) is 0.870. The van der Waals surface area contributed by atoms with Gasteiger partial charge in [-0.2, -0.15) is 13.2 Å². The van der Waals surface area contributed by atoms with Crippen LogP contribution in [0, 0.1) is 0 Å². The van der Waals surface area contributed by atoms with Crippen molar-refractivity contribution >= 4 is 16.9 Å². The predicted molar refractivity (Wildman–Crippen MR) is 69.4 cm³/mol. The highest BCUT2D eigenvalue weighted by Gasteiger charge is 2.27. The number of halogens is 3. The van der Waals surface area contributed by atoms with Crippen LogP contribution >= 0.6 is 0 Å². The van der Waals surface area contributed by atoms with Crippen molar-refractivity contribution in [3.05, 3.63) is 39.9 Å². The molecule has 118 valence electrons. The Balaban J connectivity index is 2.29. The van der Waals surface area contributed by atoms with Crippen molar-refractivity contribution < 1.29 is 27.4 Å². The van der Waals surface area contributed by atoms with Crippen LogP contribution in [-0.2, 0) is 16.1 Å². The Labute approximate surface area is 121 Å². The number of aromatic amines is 1. The zero-order valence-electron chi connectivity index (χ0n) is 11.4. The topological polar surface area (TPSA) is 81.3 Å². The third-order valence-electron chi connectivity index (χ3n) is 2.68. The highest BCUT2D eigenvalue weighted by molar-refractivity contribution is 5.93. The Morgan fingerprint density at radius 1 is 1.36 bits per heavy atom. The van der Waals surface area contributed by atoms with Gasteiger partial charge in [-0.05, 0) is 18.2 Å². The molecule has 22 heavy (non-hydrogen) atoms. The molecule has 6 nitrogen and oxygen atoms in total. The molecule has 1 aromatic heterocycles. The second kappa shape index (κ2) is 6.14. The monoisotopic (exact) mass is 316 g/mol. The SMILES string of the molecule is COC(=O)c1ccc2c(=O)[nH]c(COCC(F)(F)F)nc2c1. The first-order chi connectivity index (χ1) is 10.3. The van der Waals surface area contributed by atoms with Crippen LogP contribution in [0.4, 0.5) is 13.2 Å². The molecule has 1 aromatic carbocycles. The lowest BCUT2D eigenvalue weighted by Gasteiger charge is -2.08. The van der Waals surface area contributed by atoms with E-state index in [0.29, 0.717) is 0 Å². The summed E-state index contributed by atoms with van der Waals surface area (Å²) in [7, 11) is 1.20. The Hall–Kier alpha value is -2.42. The van der Waals surface area contributed by atoms with Crippen LogP contribution in [0.15, 0.2) is 23.0 Å². The highest BCUT2D eigenvalue weighted by atomic mass is 19.4. The first-order valence-corrected chi connectivity index (χ1v) is 6.06. The summed E-state index contributed by atoms with van der Waals surface area (Å²) in [4.78, 5) is 29.5. The average Bonchev–Trinajstić information content (AvgIpc) is 2.44. The molecular formula is C13H11F3N2O4. The van der Waals surface area contributed by atoms with Gasteiger partial charge >= 0.3 is 12.1 Å². The zero-order chi connectivity index (χ0) is 16.3. The maximum absolute atomic E-state index is 12.0. The highest BCUT2D eigenvalue weighted by Crippen LogP contribution is 2.15. The van der Waals surface area contributed by atoms with E-state index >= 15 is 0 Å². The molecule has 2 aromatic rings. The minimum absolute atomic E-state index is 0.0660. The summed E-state index contributed by atoms with van der Waals surface area (Å²) in [6.07, 6.45) is -4.46. The molecule has 0 unspecified atom stereocenters. The normalized spacial score (nSPS) is 11.6. The Morgan fingerprint density at radius 3 is 2.73 bits per heavy atom. The Kier molecular flexibility index (Phi) is 4.45. The first-order valence-electron chi connectivity index (χ1n) is 6.06. The summed E-state index contributed by atoms with van der Waals surface area (Å²) >= 11 is 0. The van der Waals surface area contributed by atoms with E-state index in [1.807, 2.05) is 0 Å². The van der Waals surface area contributed by atoms with Crippen molar-refractivity contribution in [3.63, 3.8) is 0 Å². The summed E-state index contributed by atoms with van der Waals surface area (Å²) in [5.41, 5.74) is -0.195. The molecule has 0 aliphatic carbocycles. The number of benzene rings is 1. The van der Waals surface area contributed by atoms with Gasteiger partial charge in [0.05, 0.1) is 23.6 Å². The molecule has 0 atom stereocenters. The van der Waals surface area contributed by atoms with E-state index in [0.717, 1.165) is 0 Å². The van der Waals surface area contributed by atoms with Crippen LogP contribution in [-0.4, -0.2) is 35.8 Å². The van der Waals surface area contributed by atoms with Gasteiger partial charge in [-0.25, -0.2) is 9.78 Å². The lowest BCUT2D eigenvalue weighted by atomic mass is 10.1. The van der Waals surface area contributed by atoms with Crippen molar-refractivity contribution in [3.8, 4) is 0 Å². The minimum Gasteiger partial charge on any atom is -0.465 e. The number of methoxy groups -OCH3 is 1. The fourth-order valence-electron chi connectivity index (χ4n) is 1.76. The van der Waals surface area contributed by atoms with Gasteiger partial charge in [-0.3, -0.25) is 4.79 Å². The molecule has 0 spiro atoms. The number of carbonyl (C=O) groups is 1. The van der Waals surface area contributed by atoms with E-state index in [9.17, 15) is 22.8 Å². The third kappa shape index (κ3) is 3.82. The molecule has 0 aliphatic heterocycles. The van der Waals surface area contributed by atoms with Gasteiger partial charge in [-0.15, -0.1) is 0 Å². The fraction of sp³-hybridized carbons (Fsp3) is 0.308. The number of hydrogen-bond acceptors (Lipinski definition) is 5. The summed E-state index contributed by atoms with van der Waals surface area (Å²) in [6, 6.07) is 4.10. The maximum Gasteiger partial charge on any atom is 0.411 e. The second-order valence-electron chi connectivity index (χ2n) is 4.34. The molecule has 0 aliphatic rings. The number of esters is 1. The van der Waals surface area contributed by atoms with Crippen LogP contribution in [0.3, 0.4) is 0 Å². The molecule has 0 radical (unpaired) electrons. The number of H-pyrrole nitrogens is 1. The fourth-order valence-corrected chi connectivity index (χ4v) is 1.76. The Morgan fingerprint density at radius 2 is 2.09 bits per heavy atom.